The Morgan fingerprint density at radius 1 is 0.560 bits per heavy atom. The van der Waals surface area contributed by atoms with Crippen molar-refractivity contribution in [2.45, 2.75) is 79.6 Å². The zero-order chi connectivity index (χ0) is 19.6. The Hall–Kier alpha value is 0.134. The third-order valence-electron chi connectivity index (χ3n) is 3.74. The van der Waals surface area contributed by atoms with Crippen LogP contribution in [0.5, 0.6) is 0 Å². The molecular weight excluding hydrogens is 491 g/mol. The number of halogens is 2. The van der Waals surface area contributed by atoms with Gasteiger partial charge in [-0.2, -0.15) is 13.3 Å². The molecule has 2 aliphatic heterocycles. The van der Waals surface area contributed by atoms with Crippen LogP contribution in [0, 0.1) is 13.3 Å². The number of nitrogens with zero attached hydrogens (tertiary/aromatic N) is 4. The maximum atomic E-state index is 3.00. The first kappa shape index (κ1) is 25.1. The second kappa shape index (κ2) is 13.3. The van der Waals surface area contributed by atoms with Crippen molar-refractivity contribution in [1.29, 1.82) is 0 Å². The SMILES string of the molecule is CC(C)N1C=CN(C(C)C)[CH-]1.CC(C)N1C=CN(C(C)C)[CH-]1.[Br][Ni+2][Br]. The van der Waals surface area contributed by atoms with Crippen molar-refractivity contribution in [3.63, 3.8) is 0 Å². The molecule has 0 aromatic rings. The molecule has 0 aliphatic carbocycles. The van der Waals surface area contributed by atoms with E-state index in [-0.39, 0.29) is 0 Å². The monoisotopic (exact) mass is 522 g/mol. The predicted octanol–water partition coefficient (Wildman–Crippen LogP) is 5.71. The Labute approximate surface area is 176 Å². The third-order valence-corrected chi connectivity index (χ3v) is 3.74. The number of rotatable bonds is 4. The number of hydrogen-bond acceptors (Lipinski definition) is 4. The minimum absolute atomic E-state index is 0.565. The molecule has 0 unspecified atom stereocenters. The molecule has 0 atom stereocenters. The van der Waals surface area contributed by atoms with E-state index in [1.807, 2.05) is 0 Å². The van der Waals surface area contributed by atoms with Gasteiger partial charge in [-0.3, -0.25) is 0 Å². The molecule has 0 amide bonds. The van der Waals surface area contributed by atoms with Crippen molar-refractivity contribution in [3.05, 3.63) is 38.1 Å². The van der Waals surface area contributed by atoms with Crippen LogP contribution in [0.2, 0.25) is 0 Å². The molecule has 4 nitrogen and oxygen atoms in total. The van der Waals surface area contributed by atoms with E-state index in [1.54, 1.807) is 0 Å². The van der Waals surface area contributed by atoms with Gasteiger partial charge in [-0.25, -0.2) is 0 Å². The molecule has 25 heavy (non-hydrogen) atoms. The van der Waals surface area contributed by atoms with Gasteiger partial charge >= 0.3 is 39.3 Å². The topological polar surface area (TPSA) is 13.0 Å². The predicted molar refractivity (Wildman–Crippen MR) is 113 cm³/mol. The summed E-state index contributed by atoms with van der Waals surface area (Å²) < 4.78 is 0. The van der Waals surface area contributed by atoms with E-state index in [1.165, 1.54) is 10.9 Å². The normalized spacial score (nSPS) is 16.4. The molecule has 7 heteroatoms. The van der Waals surface area contributed by atoms with E-state index in [2.05, 4.69) is 142 Å². The Morgan fingerprint density at radius 2 is 0.720 bits per heavy atom. The fourth-order valence-electron chi connectivity index (χ4n) is 1.99. The summed E-state index contributed by atoms with van der Waals surface area (Å²) in [6.07, 6.45) is 8.46. The van der Waals surface area contributed by atoms with Crippen LogP contribution < -0.4 is 0 Å². The van der Waals surface area contributed by atoms with Crippen molar-refractivity contribution < 1.29 is 10.9 Å². The van der Waals surface area contributed by atoms with E-state index >= 15 is 0 Å². The summed E-state index contributed by atoms with van der Waals surface area (Å²) in [4.78, 5) is 8.83. The van der Waals surface area contributed by atoms with Gasteiger partial charge in [-0.15, -0.1) is 0 Å². The van der Waals surface area contributed by atoms with Crippen molar-refractivity contribution in [2.24, 2.45) is 0 Å². The molecule has 2 heterocycles. The molecular formula is C18H34Br2N4Ni. The zero-order valence-electron chi connectivity index (χ0n) is 16.6. The van der Waals surface area contributed by atoms with Crippen LogP contribution in [0.1, 0.15) is 55.4 Å². The van der Waals surface area contributed by atoms with Gasteiger partial charge in [0.05, 0.1) is 0 Å². The molecule has 0 fully saturated rings. The van der Waals surface area contributed by atoms with Crippen molar-refractivity contribution in [3.8, 4) is 0 Å². The average Bonchev–Trinajstić information content (AvgIpc) is 3.18. The molecule has 150 valence electrons. The summed E-state index contributed by atoms with van der Waals surface area (Å²) in [6, 6.07) is 2.26. The molecule has 2 rings (SSSR count). The number of hydrogen-bond donors (Lipinski definition) is 0. The second-order valence-electron chi connectivity index (χ2n) is 7.04. The van der Waals surface area contributed by atoms with Gasteiger partial charge in [0.15, 0.2) is 0 Å². The maximum absolute atomic E-state index is 3.00. The van der Waals surface area contributed by atoms with Gasteiger partial charge in [-0.1, -0.05) is 0 Å². The fraction of sp³-hybridized carbons (Fsp3) is 0.667. The van der Waals surface area contributed by atoms with Crippen LogP contribution in [0.3, 0.4) is 0 Å². The van der Waals surface area contributed by atoms with E-state index in [0.29, 0.717) is 24.2 Å². The quantitative estimate of drug-likeness (QED) is 0.345. The van der Waals surface area contributed by atoms with Crippen LogP contribution in [-0.4, -0.2) is 43.8 Å². The van der Waals surface area contributed by atoms with Crippen LogP contribution in [0.4, 0.5) is 0 Å². The van der Waals surface area contributed by atoms with E-state index < -0.39 is 0 Å². The van der Waals surface area contributed by atoms with Crippen molar-refractivity contribution in [1.82, 2.24) is 19.6 Å². The molecule has 0 N–H and O–H groups in total. The van der Waals surface area contributed by atoms with E-state index in [4.69, 9.17) is 0 Å². The van der Waals surface area contributed by atoms with Gasteiger partial charge in [0.1, 0.15) is 0 Å². The Balaban J connectivity index is 0.000000399. The summed E-state index contributed by atoms with van der Waals surface area (Å²) in [7, 11) is 1.25. The first-order chi connectivity index (χ1) is 11.6. The molecule has 0 radical (unpaired) electrons. The molecule has 0 aromatic carbocycles. The summed E-state index contributed by atoms with van der Waals surface area (Å²) in [6.45, 7) is 21.8. The Morgan fingerprint density at radius 3 is 0.800 bits per heavy atom. The zero-order valence-corrected chi connectivity index (χ0v) is 20.8. The summed E-state index contributed by atoms with van der Waals surface area (Å²) in [5.41, 5.74) is 0. The van der Waals surface area contributed by atoms with Gasteiger partial charge < -0.3 is 19.6 Å². The molecule has 0 saturated carbocycles. The van der Waals surface area contributed by atoms with Crippen molar-refractivity contribution >= 4 is 28.5 Å². The van der Waals surface area contributed by atoms with Gasteiger partial charge in [0, 0.05) is 0 Å². The van der Waals surface area contributed by atoms with Crippen LogP contribution in [-0.2, 0) is 10.9 Å². The first-order valence-corrected chi connectivity index (χ1v) is 13.5. The summed E-state index contributed by atoms with van der Waals surface area (Å²) >= 11 is 6.00. The molecule has 0 saturated heterocycles. The summed E-state index contributed by atoms with van der Waals surface area (Å²) in [5.74, 6) is 0. The van der Waals surface area contributed by atoms with E-state index in [0.717, 1.165) is 0 Å². The molecule has 2 aliphatic rings. The van der Waals surface area contributed by atoms with Gasteiger partial charge in [-0.05, 0) is 104 Å². The second-order valence-corrected chi connectivity index (χ2v) is 12.0. The van der Waals surface area contributed by atoms with Crippen molar-refractivity contribution in [2.75, 3.05) is 0 Å². The average molecular weight is 525 g/mol. The van der Waals surface area contributed by atoms with Crippen LogP contribution >= 0.6 is 28.5 Å². The Bertz CT molecular complexity index is 333. The standard InChI is InChI=1S/2C9H17N2.2BrH.Ni/c2*1-8(2)10-5-6-11(7-10)9(3)4;;;/h2*5-9H,1-4H3;2*1H;/q2*-1;;;+4/p-2. The van der Waals surface area contributed by atoms with Gasteiger partial charge in [0.2, 0.25) is 0 Å². The van der Waals surface area contributed by atoms with E-state index in [9.17, 15) is 0 Å². The molecule has 0 bridgehead atoms. The fourth-order valence-corrected chi connectivity index (χ4v) is 1.99. The molecule has 0 aromatic heterocycles. The first-order valence-electron chi connectivity index (χ1n) is 8.62. The summed E-state index contributed by atoms with van der Waals surface area (Å²) in [5, 5.41) is 0. The molecule has 0 spiro atoms. The Kier molecular flexibility index (Phi) is 13.4. The third kappa shape index (κ3) is 10.1. The van der Waals surface area contributed by atoms with Crippen LogP contribution in [0.15, 0.2) is 24.8 Å². The minimum atomic E-state index is 0.565. The van der Waals surface area contributed by atoms with Crippen LogP contribution in [0.25, 0.3) is 0 Å². The van der Waals surface area contributed by atoms with Gasteiger partial charge in [0.25, 0.3) is 0 Å².